The highest BCUT2D eigenvalue weighted by Gasteiger charge is 2.15. The van der Waals surface area contributed by atoms with Gasteiger partial charge >= 0.3 is 6.09 Å². The Morgan fingerprint density at radius 3 is 2.44 bits per heavy atom. The van der Waals surface area contributed by atoms with E-state index in [0.717, 1.165) is 5.69 Å². The maximum Gasteiger partial charge on any atom is 0.409 e. The second-order valence-corrected chi connectivity index (χ2v) is 4.58. The van der Waals surface area contributed by atoms with Gasteiger partial charge in [-0.2, -0.15) is 0 Å². The summed E-state index contributed by atoms with van der Waals surface area (Å²) in [6, 6.07) is 6.25. The second-order valence-electron chi connectivity index (χ2n) is 4.58. The quantitative estimate of drug-likeness (QED) is 0.893. The fourth-order valence-electron chi connectivity index (χ4n) is 1.80. The van der Waals surface area contributed by atoms with Crippen molar-refractivity contribution in [1.29, 1.82) is 0 Å². The summed E-state index contributed by atoms with van der Waals surface area (Å²) in [5.41, 5.74) is 3.56. The highest BCUT2D eigenvalue weighted by Crippen LogP contribution is 2.19. The zero-order valence-corrected chi connectivity index (χ0v) is 11.8. The van der Waals surface area contributed by atoms with Gasteiger partial charge in [0.25, 0.3) is 0 Å². The lowest BCUT2D eigenvalue weighted by Crippen LogP contribution is -2.39. The van der Waals surface area contributed by atoms with E-state index < -0.39 is 0 Å². The topological polar surface area (TPSA) is 41.6 Å². The number of hydrogen-bond acceptors (Lipinski definition) is 3. The number of amides is 1. The van der Waals surface area contributed by atoms with Gasteiger partial charge in [0.15, 0.2) is 0 Å². The Bertz CT molecular complexity index is 398. The molecule has 1 atom stereocenters. The van der Waals surface area contributed by atoms with E-state index in [2.05, 4.69) is 31.3 Å². The van der Waals surface area contributed by atoms with Crippen LogP contribution >= 0.6 is 0 Å². The Kier molecular flexibility index (Phi) is 5.01. The van der Waals surface area contributed by atoms with Crippen LogP contribution in [0.15, 0.2) is 18.2 Å². The molecule has 18 heavy (non-hydrogen) atoms. The number of carbonyl (C=O) groups is 1. The standard InChI is InChI=1S/C14H22N2O2/c1-10-7-6-8-11(2)13(10)15-9-12(3)16(4)14(17)18-5/h6-8,12,15H,9H2,1-5H3. The molecule has 4 nitrogen and oxygen atoms in total. The van der Waals surface area contributed by atoms with Crippen LogP contribution in [-0.2, 0) is 4.74 Å². The van der Waals surface area contributed by atoms with Crippen molar-refractivity contribution in [3.63, 3.8) is 0 Å². The van der Waals surface area contributed by atoms with Crippen LogP contribution in [0.5, 0.6) is 0 Å². The lowest BCUT2D eigenvalue weighted by molar-refractivity contribution is 0.122. The number of nitrogens with one attached hydrogen (secondary N) is 1. The number of methoxy groups -OCH3 is 1. The van der Waals surface area contributed by atoms with E-state index in [0.29, 0.717) is 6.54 Å². The third-order valence-corrected chi connectivity index (χ3v) is 3.18. The summed E-state index contributed by atoms with van der Waals surface area (Å²) < 4.78 is 4.69. The van der Waals surface area contributed by atoms with Crippen molar-refractivity contribution in [2.75, 3.05) is 26.0 Å². The molecule has 1 aromatic carbocycles. The lowest BCUT2D eigenvalue weighted by Gasteiger charge is -2.25. The van der Waals surface area contributed by atoms with Crippen LogP contribution in [0.25, 0.3) is 0 Å². The molecule has 1 aromatic rings. The maximum absolute atomic E-state index is 11.4. The first-order valence-electron chi connectivity index (χ1n) is 6.08. The van der Waals surface area contributed by atoms with Crippen molar-refractivity contribution in [2.45, 2.75) is 26.8 Å². The van der Waals surface area contributed by atoms with Gasteiger partial charge in [-0.25, -0.2) is 4.79 Å². The molecule has 0 radical (unpaired) electrons. The largest absolute Gasteiger partial charge is 0.453 e. The molecular weight excluding hydrogens is 228 g/mol. The predicted octanol–water partition coefficient (Wildman–Crippen LogP) is 2.80. The van der Waals surface area contributed by atoms with Crippen molar-refractivity contribution in [3.8, 4) is 0 Å². The first-order valence-corrected chi connectivity index (χ1v) is 6.08. The highest BCUT2D eigenvalue weighted by atomic mass is 16.5. The average molecular weight is 250 g/mol. The van der Waals surface area contributed by atoms with Crippen LogP contribution < -0.4 is 5.32 Å². The average Bonchev–Trinajstić information content (AvgIpc) is 2.36. The summed E-state index contributed by atoms with van der Waals surface area (Å²) in [5, 5.41) is 3.39. The smallest absolute Gasteiger partial charge is 0.409 e. The SMILES string of the molecule is COC(=O)N(C)C(C)CNc1c(C)cccc1C. The van der Waals surface area contributed by atoms with Crippen molar-refractivity contribution in [1.82, 2.24) is 4.90 Å². The first-order chi connectivity index (χ1) is 8.47. The Balaban J connectivity index is 2.63. The number of likely N-dealkylation sites (N-methyl/N-ethyl adjacent to an activating group) is 1. The van der Waals surface area contributed by atoms with Gasteiger partial charge in [-0.1, -0.05) is 18.2 Å². The predicted molar refractivity (Wildman–Crippen MR) is 74.0 cm³/mol. The number of rotatable bonds is 4. The summed E-state index contributed by atoms with van der Waals surface area (Å²) in [4.78, 5) is 13.0. The van der Waals surface area contributed by atoms with Crippen molar-refractivity contribution < 1.29 is 9.53 Å². The van der Waals surface area contributed by atoms with Crippen LogP contribution in [0.1, 0.15) is 18.1 Å². The number of anilines is 1. The molecule has 0 aliphatic carbocycles. The molecule has 100 valence electrons. The van der Waals surface area contributed by atoms with Gasteiger partial charge in [0.2, 0.25) is 0 Å². The maximum atomic E-state index is 11.4. The number of benzene rings is 1. The fraction of sp³-hybridized carbons (Fsp3) is 0.500. The van der Waals surface area contributed by atoms with Gasteiger partial charge in [0, 0.05) is 25.3 Å². The normalized spacial score (nSPS) is 11.8. The van der Waals surface area contributed by atoms with E-state index in [1.54, 1.807) is 11.9 Å². The van der Waals surface area contributed by atoms with Crippen LogP contribution in [-0.4, -0.2) is 37.7 Å². The number of hydrogen-bond donors (Lipinski definition) is 1. The molecule has 1 amide bonds. The van der Waals surface area contributed by atoms with Crippen molar-refractivity contribution in [3.05, 3.63) is 29.3 Å². The highest BCUT2D eigenvalue weighted by molar-refractivity contribution is 5.67. The summed E-state index contributed by atoms with van der Waals surface area (Å²) in [7, 11) is 3.13. The van der Waals surface area contributed by atoms with Crippen LogP contribution in [0.2, 0.25) is 0 Å². The van der Waals surface area contributed by atoms with Crippen molar-refractivity contribution >= 4 is 11.8 Å². The number of nitrogens with zero attached hydrogens (tertiary/aromatic N) is 1. The van der Waals surface area contributed by atoms with E-state index >= 15 is 0 Å². The minimum Gasteiger partial charge on any atom is -0.453 e. The van der Waals surface area contributed by atoms with E-state index in [4.69, 9.17) is 4.74 Å². The molecule has 0 aliphatic rings. The summed E-state index contributed by atoms with van der Waals surface area (Å²) in [6.45, 7) is 6.82. The fourth-order valence-corrected chi connectivity index (χ4v) is 1.80. The number of para-hydroxylation sites is 1. The molecule has 1 N–H and O–H groups in total. The molecule has 1 unspecified atom stereocenters. The van der Waals surface area contributed by atoms with Gasteiger partial charge < -0.3 is 15.0 Å². The first kappa shape index (κ1) is 14.4. The lowest BCUT2D eigenvalue weighted by atomic mass is 10.1. The molecule has 0 saturated carbocycles. The van der Waals surface area contributed by atoms with Crippen LogP contribution in [0, 0.1) is 13.8 Å². The van der Waals surface area contributed by atoms with Gasteiger partial charge in [-0.15, -0.1) is 0 Å². The number of carbonyl (C=O) groups excluding carboxylic acids is 1. The molecular formula is C14H22N2O2. The van der Waals surface area contributed by atoms with E-state index in [1.165, 1.54) is 18.2 Å². The van der Waals surface area contributed by atoms with Gasteiger partial charge in [0.05, 0.1) is 7.11 Å². The minimum atomic E-state index is -0.314. The van der Waals surface area contributed by atoms with Crippen LogP contribution in [0.4, 0.5) is 10.5 Å². The van der Waals surface area contributed by atoms with Gasteiger partial charge in [0.1, 0.15) is 0 Å². The Hall–Kier alpha value is -1.71. The summed E-state index contributed by atoms with van der Waals surface area (Å²) >= 11 is 0. The van der Waals surface area contributed by atoms with Crippen molar-refractivity contribution in [2.24, 2.45) is 0 Å². The molecule has 4 heteroatoms. The van der Waals surface area contributed by atoms with E-state index in [-0.39, 0.29) is 12.1 Å². The third-order valence-electron chi connectivity index (χ3n) is 3.18. The minimum absolute atomic E-state index is 0.0662. The molecule has 1 rings (SSSR count). The van der Waals surface area contributed by atoms with E-state index in [1.807, 2.05) is 13.0 Å². The monoisotopic (exact) mass is 250 g/mol. The second kappa shape index (κ2) is 6.28. The van der Waals surface area contributed by atoms with Crippen LogP contribution in [0.3, 0.4) is 0 Å². The zero-order chi connectivity index (χ0) is 13.7. The molecule has 0 bridgehead atoms. The molecule has 0 saturated heterocycles. The van der Waals surface area contributed by atoms with E-state index in [9.17, 15) is 4.79 Å². The zero-order valence-electron chi connectivity index (χ0n) is 11.8. The summed E-state index contributed by atoms with van der Waals surface area (Å²) in [5.74, 6) is 0. The van der Waals surface area contributed by atoms with Gasteiger partial charge in [-0.05, 0) is 31.9 Å². The number of ether oxygens (including phenoxy) is 1. The third kappa shape index (κ3) is 3.39. The molecule has 0 aliphatic heterocycles. The molecule has 0 heterocycles. The molecule has 0 aromatic heterocycles. The Morgan fingerprint density at radius 1 is 1.39 bits per heavy atom. The Morgan fingerprint density at radius 2 is 1.94 bits per heavy atom. The summed E-state index contributed by atoms with van der Waals surface area (Å²) in [6.07, 6.45) is -0.314. The Labute approximate surface area is 109 Å². The molecule has 0 fully saturated rings. The molecule has 0 spiro atoms. The van der Waals surface area contributed by atoms with Gasteiger partial charge in [-0.3, -0.25) is 0 Å². The number of aryl methyl sites for hydroxylation is 2.